The number of benzene rings is 2. The maximum atomic E-state index is 12.6. The number of carbonyl (C=O) groups is 1. The van der Waals surface area contributed by atoms with Gasteiger partial charge in [0, 0.05) is 30.4 Å². The summed E-state index contributed by atoms with van der Waals surface area (Å²) in [6.07, 6.45) is -4.84. The number of nitrogens with one attached hydrogen (secondary N) is 1. The smallest absolute Gasteiger partial charge is 0.406 e. The number of amides is 1. The van der Waals surface area contributed by atoms with Crippen LogP contribution in [0.5, 0.6) is 5.75 Å². The number of nitrogens with zero attached hydrogens (tertiary/aromatic N) is 1. The summed E-state index contributed by atoms with van der Waals surface area (Å²) in [5, 5.41) is 2.44. The van der Waals surface area contributed by atoms with E-state index in [1.54, 1.807) is 0 Å². The normalized spacial score (nSPS) is 15.7. The van der Waals surface area contributed by atoms with E-state index >= 15 is 0 Å². The summed E-state index contributed by atoms with van der Waals surface area (Å²) in [6.45, 7) is 1.13. The maximum Gasteiger partial charge on any atom is 0.573 e. The molecule has 0 bridgehead atoms. The second kappa shape index (κ2) is 8.39. The first-order valence-electron chi connectivity index (χ1n) is 8.50. The molecule has 0 unspecified atom stereocenters. The predicted octanol–water partition coefficient (Wildman–Crippen LogP) is 2.86. The van der Waals surface area contributed by atoms with Crippen molar-refractivity contribution in [1.29, 1.82) is 0 Å². The first-order valence-corrected chi connectivity index (χ1v) is 9.94. The fourth-order valence-electron chi connectivity index (χ4n) is 2.69. The van der Waals surface area contributed by atoms with Gasteiger partial charge in [0.1, 0.15) is 5.75 Å². The maximum absolute atomic E-state index is 12.6. The van der Waals surface area contributed by atoms with E-state index in [0.717, 1.165) is 12.1 Å². The molecule has 1 fully saturated rings. The molecule has 1 aliphatic rings. The molecule has 1 heterocycles. The Labute approximate surface area is 165 Å². The zero-order valence-corrected chi connectivity index (χ0v) is 15.8. The summed E-state index contributed by atoms with van der Waals surface area (Å²) in [5.74, 6) is -1.08. The Morgan fingerprint density at radius 3 is 2.34 bits per heavy atom. The van der Waals surface area contributed by atoms with Crippen LogP contribution in [-0.4, -0.2) is 51.3 Å². The molecule has 1 amide bonds. The molecule has 1 N–H and O–H groups in total. The van der Waals surface area contributed by atoms with Crippen LogP contribution in [0.15, 0.2) is 53.4 Å². The average Bonchev–Trinajstić information content (AvgIpc) is 2.68. The van der Waals surface area contributed by atoms with Crippen molar-refractivity contribution in [3.8, 4) is 5.75 Å². The van der Waals surface area contributed by atoms with E-state index in [0.29, 0.717) is 13.2 Å². The van der Waals surface area contributed by atoms with Gasteiger partial charge in [-0.25, -0.2) is 8.42 Å². The Balaban J connectivity index is 1.70. The van der Waals surface area contributed by atoms with Crippen molar-refractivity contribution in [3.05, 3.63) is 54.1 Å². The minimum absolute atomic E-state index is 0.0384. The summed E-state index contributed by atoms with van der Waals surface area (Å²) in [6, 6.07) is 10.1. The molecule has 11 heteroatoms. The summed E-state index contributed by atoms with van der Waals surface area (Å²) in [5.41, 5.74) is 0.245. The van der Waals surface area contributed by atoms with E-state index in [9.17, 15) is 26.4 Å². The monoisotopic (exact) mass is 430 g/mol. The van der Waals surface area contributed by atoms with Crippen LogP contribution in [0, 0.1) is 0 Å². The number of halogens is 3. The minimum Gasteiger partial charge on any atom is -0.406 e. The van der Waals surface area contributed by atoms with Crippen LogP contribution in [0.25, 0.3) is 0 Å². The predicted molar refractivity (Wildman–Crippen MR) is 97.1 cm³/mol. The van der Waals surface area contributed by atoms with Gasteiger partial charge in [-0.15, -0.1) is 13.2 Å². The molecule has 0 aromatic heterocycles. The number of ether oxygens (including phenoxy) is 2. The summed E-state index contributed by atoms with van der Waals surface area (Å²) >= 11 is 0. The van der Waals surface area contributed by atoms with Crippen LogP contribution >= 0.6 is 0 Å². The van der Waals surface area contributed by atoms with Crippen LogP contribution in [0.3, 0.4) is 0 Å². The third kappa shape index (κ3) is 5.46. The van der Waals surface area contributed by atoms with Crippen molar-refractivity contribution in [2.24, 2.45) is 0 Å². The first-order chi connectivity index (χ1) is 13.6. The number of anilines is 1. The van der Waals surface area contributed by atoms with Crippen molar-refractivity contribution >= 4 is 21.6 Å². The Kier molecular flexibility index (Phi) is 6.10. The van der Waals surface area contributed by atoms with E-state index in [4.69, 9.17) is 4.74 Å². The minimum atomic E-state index is -4.84. The van der Waals surface area contributed by atoms with Gasteiger partial charge in [-0.1, -0.05) is 6.07 Å². The number of carbonyl (C=O) groups excluding carboxylic acids is 1. The summed E-state index contributed by atoms with van der Waals surface area (Å²) in [7, 11) is -3.69. The van der Waals surface area contributed by atoms with Gasteiger partial charge in [-0.2, -0.15) is 4.31 Å². The number of hydrogen-bond acceptors (Lipinski definition) is 5. The van der Waals surface area contributed by atoms with Crippen LogP contribution in [0.2, 0.25) is 0 Å². The van der Waals surface area contributed by atoms with Gasteiger partial charge in [0.15, 0.2) is 0 Å². The highest BCUT2D eigenvalue weighted by Gasteiger charge is 2.31. The summed E-state index contributed by atoms with van der Waals surface area (Å²) < 4.78 is 72.3. The molecule has 2 aromatic rings. The second-order valence-electron chi connectivity index (χ2n) is 6.07. The standard InChI is InChI=1S/C18H17F3N2O5S/c19-18(20,21)28-15-3-1-2-14(12-15)22-17(24)13-4-6-16(7-5-13)29(25,26)23-8-10-27-11-9-23/h1-7,12H,8-11H2,(H,22,24). The molecule has 2 aromatic carbocycles. The number of alkyl halides is 3. The number of morpholine rings is 1. The number of rotatable bonds is 5. The molecule has 29 heavy (non-hydrogen) atoms. The molecule has 0 spiro atoms. The highest BCUT2D eigenvalue weighted by molar-refractivity contribution is 7.89. The molecule has 3 rings (SSSR count). The zero-order chi connectivity index (χ0) is 21.1. The fourth-order valence-corrected chi connectivity index (χ4v) is 4.10. The molecule has 0 atom stereocenters. The van der Waals surface area contributed by atoms with Gasteiger partial charge in [0.2, 0.25) is 10.0 Å². The molecule has 1 aliphatic heterocycles. The lowest BCUT2D eigenvalue weighted by molar-refractivity contribution is -0.274. The Morgan fingerprint density at radius 2 is 1.72 bits per heavy atom. The lowest BCUT2D eigenvalue weighted by atomic mass is 10.2. The van der Waals surface area contributed by atoms with Gasteiger partial charge in [0.05, 0.1) is 18.1 Å². The van der Waals surface area contributed by atoms with E-state index in [-0.39, 0.29) is 29.2 Å². The van der Waals surface area contributed by atoms with E-state index in [2.05, 4.69) is 10.1 Å². The molecule has 0 radical (unpaired) electrons. The van der Waals surface area contributed by atoms with Crippen molar-refractivity contribution in [3.63, 3.8) is 0 Å². The van der Waals surface area contributed by atoms with Crippen LogP contribution in [0.4, 0.5) is 18.9 Å². The number of sulfonamides is 1. The Hall–Kier alpha value is -2.63. The largest absolute Gasteiger partial charge is 0.573 e. The van der Waals surface area contributed by atoms with Gasteiger partial charge >= 0.3 is 6.36 Å². The van der Waals surface area contributed by atoms with Crippen LogP contribution < -0.4 is 10.1 Å². The van der Waals surface area contributed by atoms with Gasteiger partial charge in [-0.05, 0) is 36.4 Å². The molecular formula is C18H17F3N2O5S. The third-order valence-electron chi connectivity index (χ3n) is 4.05. The van der Waals surface area contributed by atoms with Gasteiger partial charge in [0.25, 0.3) is 5.91 Å². The Bertz CT molecular complexity index is 972. The molecule has 0 aliphatic carbocycles. The summed E-state index contributed by atoms with van der Waals surface area (Å²) in [4.78, 5) is 12.4. The van der Waals surface area contributed by atoms with E-state index in [1.807, 2.05) is 0 Å². The molecule has 156 valence electrons. The van der Waals surface area contributed by atoms with Crippen LogP contribution in [-0.2, 0) is 14.8 Å². The highest BCUT2D eigenvalue weighted by atomic mass is 32.2. The van der Waals surface area contributed by atoms with Gasteiger partial charge in [-0.3, -0.25) is 4.79 Å². The first kappa shape index (κ1) is 21.1. The lowest BCUT2D eigenvalue weighted by Crippen LogP contribution is -2.40. The number of hydrogen-bond donors (Lipinski definition) is 1. The van der Waals surface area contributed by atoms with Crippen molar-refractivity contribution < 1.29 is 35.9 Å². The molecule has 1 saturated heterocycles. The zero-order valence-electron chi connectivity index (χ0n) is 15.0. The van der Waals surface area contributed by atoms with Gasteiger partial charge < -0.3 is 14.8 Å². The SMILES string of the molecule is O=C(Nc1cccc(OC(F)(F)F)c1)c1ccc(S(=O)(=O)N2CCOCC2)cc1. The van der Waals surface area contributed by atoms with Crippen molar-refractivity contribution in [2.75, 3.05) is 31.6 Å². The van der Waals surface area contributed by atoms with Crippen LogP contribution in [0.1, 0.15) is 10.4 Å². The third-order valence-corrected chi connectivity index (χ3v) is 5.96. The molecule has 0 saturated carbocycles. The van der Waals surface area contributed by atoms with Crippen molar-refractivity contribution in [2.45, 2.75) is 11.3 Å². The van der Waals surface area contributed by atoms with Crippen molar-refractivity contribution in [1.82, 2.24) is 4.31 Å². The second-order valence-corrected chi connectivity index (χ2v) is 8.01. The fraction of sp³-hybridized carbons (Fsp3) is 0.278. The van der Waals surface area contributed by atoms with E-state index in [1.165, 1.54) is 40.7 Å². The topological polar surface area (TPSA) is 84.9 Å². The van der Waals surface area contributed by atoms with E-state index < -0.39 is 28.0 Å². The molecular weight excluding hydrogens is 413 g/mol. The average molecular weight is 430 g/mol. The highest BCUT2D eigenvalue weighted by Crippen LogP contribution is 2.25. The lowest BCUT2D eigenvalue weighted by Gasteiger charge is -2.26. The quantitative estimate of drug-likeness (QED) is 0.789. The molecule has 7 nitrogen and oxygen atoms in total. The Morgan fingerprint density at radius 1 is 1.07 bits per heavy atom.